The first-order chi connectivity index (χ1) is 19.3. The smallest absolute Gasteiger partial charge is 0.135 e. The Hall–Kier alpha value is -4.87. The van der Waals surface area contributed by atoms with E-state index in [0.717, 1.165) is 56.6 Å². The number of hydrogen-bond acceptors (Lipinski definition) is 5. The zero-order valence-electron chi connectivity index (χ0n) is 20.7. The van der Waals surface area contributed by atoms with Gasteiger partial charge in [-0.15, -0.1) is 11.3 Å². The van der Waals surface area contributed by atoms with Gasteiger partial charge in [-0.2, -0.15) is 0 Å². The Kier molecular flexibility index (Phi) is 4.23. The van der Waals surface area contributed by atoms with Crippen molar-refractivity contribution in [1.82, 2.24) is 15.0 Å². The van der Waals surface area contributed by atoms with Crippen molar-refractivity contribution in [1.29, 1.82) is 0 Å². The number of aromatic nitrogens is 3. The minimum Gasteiger partial charge on any atom is -0.456 e. The van der Waals surface area contributed by atoms with Crippen molar-refractivity contribution in [3.63, 3.8) is 0 Å². The molecule has 1 aliphatic rings. The Morgan fingerprint density at radius 2 is 1.36 bits per heavy atom. The number of nitrogens with zero attached hydrogens (tertiary/aromatic N) is 3. The van der Waals surface area contributed by atoms with Crippen LogP contribution in [0.15, 0.2) is 108 Å². The normalized spacial score (nSPS) is 12.5. The van der Waals surface area contributed by atoms with Crippen LogP contribution in [0.25, 0.3) is 75.9 Å². The van der Waals surface area contributed by atoms with Gasteiger partial charge in [0.05, 0.1) is 21.8 Å². The molecule has 0 atom stereocenters. The topological polar surface area (TPSA) is 51.8 Å². The summed E-state index contributed by atoms with van der Waals surface area (Å²) < 4.78 is 8.75. The lowest BCUT2D eigenvalue weighted by Gasteiger charge is -2.07. The van der Waals surface area contributed by atoms with Crippen LogP contribution in [0.2, 0.25) is 0 Å². The van der Waals surface area contributed by atoms with E-state index in [9.17, 15) is 0 Å². The molecule has 0 aliphatic heterocycles. The van der Waals surface area contributed by atoms with E-state index in [1.54, 1.807) is 17.7 Å². The van der Waals surface area contributed by atoms with E-state index in [1.807, 2.05) is 6.20 Å². The van der Waals surface area contributed by atoms with Crippen LogP contribution in [0.5, 0.6) is 0 Å². The summed E-state index contributed by atoms with van der Waals surface area (Å²) >= 11 is 1.80. The highest BCUT2D eigenvalue weighted by Crippen LogP contribution is 2.42. The van der Waals surface area contributed by atoms with Crippen LogP contribution in [0.1, 0.15) is 11.1 Å². The van der Waals surface area contributed by atoms with Crippen molar-refractivity contribution in [3.05, 3.63) is 115 Å². The lowest BCUT2D eigenvalue weighted by Crippen LogP contribution is -1.94. The van der Waals surface area contributed by atoms with Gasteiger partial charge in [-0.05, 0) is 54.1 Å². The Labute approximate surface area is 227 Å². The number of thiophene rings is 1. The molecule has 0 amide bonds. The number of benzene rings is 4. The van der Waals surface area contributed by atoms with Gasteiger partial charge in [-0.1, -0.05) is 42.5 Å². The predicted molar refractivity (Wildman–Crippen MR) is 159 cm³/mol. The summed E-state index contributed by atoms with van der Waals surface area (Å²) in [6.45, 7) is 0. The molecule has 39 heavy (non-hydrogen) atoms. The predicted octanol–water partition coefficient (Wildman–Crippen LogP) is 9.04. The average molecular weight is 518 g/mol. The maximum Gasteiger partial charge on any atom is 0.135 e. The summed E-state index contributed by atoms with van der Waals surface area (Å²) in [6.07, 6.45) is 4.45. The van der Waals surface area contributed by atoms with Gasteiger partial charge in [0.1, 0.15) is 17.5 Å². The molecule has 0 fully saturated rings. The van der Waals surface area contributed by atoms with Crippen molar-refractivity contribution in [2.75, 3.05) is 0 Å². The van der Waals surface area contributed by atoms with E-state index >= 15 is 0 Å². The van der Waals surface area contributed by atoms with E-state index in [1.165, 1.54) is 36.9 Å². The Bertz CT molecular complexity index is 2280. The maximum atomic E-state index is 6.26. The first-order valence-corrected chi connectivity index (χ1v) is 13.8. The fourth-order valence-corrected chi connectivity index (χ4v) is 7.30. The Balaban J connectivity index is 1.23. The fraction of sp³-hybridized carbons (Fsp3) is 0.0294. The summed E-state index contributed by atoms with van der Waals surface area (Å²) in [4.78, 5) is 14.2. The lowest BCUT2D eigenvalue weighted by atomic mass is 10.0. The van der Waals surface area contributed by atoms with Gasteiger partial charge >= 0.3 is 0 Å². The molecule has 0 N–H and O–H groups in total. The fourth-order valence-electron chi connectivity index (χ4n) is 6.09. The molecule has 0 radical (unpaired) electrons. The van der Waals surface area contributed by atoms with E-state index in [2.05, 4.69) is 96.0 Å². The standard InChI is InChI=1S/C34H19N3OS/c1-2-6-22-19(5-1)15-27-31(36-18-37-33(22)27)20-9-11-28-25(16-20)26-17-21(10-12-29(26)38-28)32-34-24(13-14-35-32)23-7-3-4-8-30(23)39-34/h1-14,16-18H,15H2. The van der Waals surface area contributed by atoms with Gasteiger partial charge in [0.25, 0.3) is 0 Å². The molecule has 0 spiro atoms. The van der Waals surface area contributed by atoms with Crippen molar-refractivity contribution in [2.45, 2.75) is 6.42 Å². The monoisotopic (exact) mass is 517 g/mol. The van der Waals surface area contributed by atoms with E-state index in [4.69, 9.17) is 14.4 Å². The van der Waals surface area contributed by atoms with E-state index < -0.39 is 0 Å². The number of rotatable bonds is 2. The van der Waals surface area contributed by atoms with Crippen LogP contribution in [0.4, 0.5) is 0 Å². The van der Waals surface area contributed by atoms with Crippen LogP contribution in [0, 0.1) is 0 Å². The van der Waals surface area contributed by atoms with Gasteiger partial charge in [-0.25, -0.2) is 9.97 Å². The molecule has 9 rings (SSSR count). The largest absolute Gasteiger partial charge is 0.456 e. The first kappa shape index (κ1) is 21.1. The zero-order valence-corrected chi connectivity index (χ0v) is 21.5. The van der Waals surface area contributed by atoms with Crippen molar-refractivity contribution >= 4 is 53.4 Å². The van der Waals surface area contributed by atoms with Gasteiger partial charge < -0.3 is 4.42 Å². The molecule has 4 aromatic heterocycles. The molecule has 4 aromatic carbocycles. The molecule has 1 aliphatic carbocycles. The number of fused-ring (bicyclic) bond motifs is 9. The highest BCUT2D eigenvalue weighted by atomic mass is 32.1. The van der Waals surface area contributed by atoms with Crippen LogP contribution >= 0.6 is 11.3 Å². The third-order valence-electron chi connectivity index (χ3n) is 7.89. The second-order valence-electron chi connectivity index (χ2n) is 10.0. The molecule has 4 heterocycles. The van der Waals surface area contributed by atoms with Crippen LogP contribution in [-0.4, -0.2) is 15.0 Å². The Morgan fingerprint density at radius 1 is 0.615 bits per heavy atom. The van der Waals surface area contributed by atoms with Crippen molar-refractivity contribution in [3.8, 4) is 33.8 Å². The lowest BCUT2D eigenvalue weighted by molar-refractivity contribution is 0.669. The highest BCUT2D eigenvalue weighted by molar-refractivity contribution is 7.26. The molecular formula is C34H19N3OS. The molecule has 0 saturated carbocycles. The SMILES string of the molecule is c1ccc2c(c1)Cc1c(-c3ccc4oc5ccc(-c6nccc7c6sc6ccccc67)cc5c4c3)ncnc1-2. The maximum absolute atomic E-state index is 6.26. The van der Waals surface area contributed by atoms with Crippen LogP contribution in [-0.2, 0) is 6.42 Å². The number of furan rings is 1. The summed E-state index contributed by atoms with van der Waals surface area (Å²) in [5, 5.41) is 4.69. The molecule has 0 saturated heterocycles. The van der Waals surface area contributed by atoms with Crippen LogP contribution < -0.4 is 0 Å². The Morgan fingerprint density at radius 3 is 2.23 bits per heavy atom. The summed E-state index contributed by atoms with van der Waals surface area (Å²) in [7, 11) is 0. The number of hydrogen-bond donors (Lipinski definition) is 0. The third kappa shape index (κ3) is 3.02. The second kappa shape index (κ2) is 7.82. The molecule has 182 valence electrons. The van der Waals surface area contributed by atoms with Gasteiger partial charge in [-0.3, -0.25) is 4.98 Å². The van der Waals surface area contributed by atoms with Crippen molar-refractivity contribution in [2.24, 2.45) is 0 Å². The van der Waals surface area contributed by atoms with E-state index in [0.29, 0.717) is 0 Å². The van der Waals surface area contributed by atoms with Gasteiger partial charge in [0, 0.05) is 61.1 Å². The molecule has 0 unspecified atom stereocenters. The minimum absolute atomic E-state index is 0.848. The van der Waals surface area contributed by atoms with Crippen LogP contribution in [0.3, 0.4) is 0 Å². The summed E-state index contributed by atoms with van der Waals surface area (Å²) in [5.41, 5.74) is 10.6. The molecule has 5 heteroatoms. The third-order valence-corrected chi connectivity index (χ3v) is 9.09. The molecule has 0 bridgehead atoms. The minimum atomic E-state index is 0.848. The molecule has 4 nitrogen and oxygen atoms in total. The highest BCUT2D eigenvalue weighted by Gasteiger charge is 2.24. The van der Waals surface area contributed by atoms with E-state index in [-0.39, 0.29) is 0 Å². The zero-order chi connectivity index (χ0) is 25.5. The quantitative estimate of drug-likeness (QED) is 0.229. The first-order valence-electron chi connectivity index (χ1n) is 13.0. The second-order valence-corrected chi connectivity index (χ2v) is 11.1. The van der Waals surface area contributed by atoms with Crippen molar-refractivity contribution < 1.29 is 4.42 Å². The molecule has 8 aromatic rings. The van der Waals surface area contributed by atoms with Gasteiger partial charge in [0.15, 0.2) is 0 Å². The summed E-state index contributed by atoms with van der Waals surface area (Å²) in [5.74, 6) is 0. The average Bonchev–Trinajstić information content (AvgIpc) is 3.67. The number of pyridine rings is 1. The van der Waals surface area contributed by atoms with Gasteiger partial charge in [0.2, 0.25) is 0 Å². The summed E-state index contributed by atoms with van der Waals surface area (Å²) in [6, 6.07) is 32.0. The molecular weight excluding hydrogens is 498 g/mol.